The molecule has 4 aromatic rings. The zero-order chi connectivity index (χ0) is 22.7. The first kappa shape index (κ1) is 21.6. The highest BCUT2D eigenvalue weighted by molar-refractivity contribution is 6.07. The van der Waals surface area contributed by atoms with Crippen LogP contribution in [0.2, 0.25) is 0 Å². The summed E-state index contributed by atoms with van der Waals surface area (Å²) in [6, 6.07) is 20.3. The molecule has 6 heteroatoms. The van der Waals surface area contributed by atoms with Crippen LogP contribution in [0, 0.1) is 6.92 Å². The number of rotatable bonds is 7. The van der Waals surface area contributed by atoms with Gasteiger partial charge in [0.25, 0.3) is 5.91 Å². The Bertz CT molecular complexity index is 1230. The van der Waals surface area contributed by atoms with E-state index in [0.717, 1.165) is 40.8 Å². The molecule has 0 aliphatic heterocycles. The van der Waals surface area contributed by atoms with Gasteiger partial charge in [-0.3, -0.25) is 9.48 Å². The summed E-state index contributed by atoms with van der Waals surface area (Å²) in [6.07, 6.45) is 1.79. The van der Waals surface area contributed by atoms with Crippen LogP contribution in [0.25, 0.3) is 22.3 Å². The summed E-state index contributed by atoms with van der Waals surface area (Å²) in [7, 11) is 5.93. The van der Waals surface area contributed by atoms with E-state index in [4.69, 9.17) is 4.98 Å². The first-order chi connectivity index (χ1) is 15.4. The van der Waals surface area contributed by atoms with Crippen LogP contribution in [0.1, 0.15) is 28.0 Å². The average molecular weight is 428 g/mol. The van der Waals surface area contributed by atoms with Gasteiger partial charge in [-0.25, -0.2) is 4.98 Å². The van der Waals surface area contributed by atoms with Crippen LogP contribution >= 0.6 is 0 Å². The lowest BCUT2D eigenvalue weighted by molar-refractivity contribution is 0.0955. The van der Waals surface area contributed by atoms with Gasteiger partial charge in [-0.15, -0.1) is 0 Å². The summed E-state index contributed by atoms with van der Waals surface area (Å²) >= 11 is 0. The summed E-state index contributed by atoms with van der Waals surface area (Å²) in [5, 5.41) is 8.40. The predicted octanol–water partition coefficient (Wildman–Crippen LogP) is 4.37. The molecule has 0 atom stereocenters. The molecule has 0 aliphatic carbocycles. The molecule has 2 heterocycles. The Labute approximate surface area is 188 Å². The summed E-state index contributed by atoms with van der Waals surface area (Å²) in [6.45, 7) is 2.53. The van der Waals surface area contributed by atoms with Crippen molar-refractivity contribution in [1.82, 2.24) is 20.1 Å². The van der Waals surface area contributed by atoms with Crippen LogP contribution in [-0.2, 0) is 13.5 Å². The molecule has 0 aliphatic rings. The largest absolute Gasteiger partial charge is 0.378 e. The first-order valence-electron chi connectivity index (χ1n) is 10.9. The third kappa shape index (κ3) is 4.49. The SMILES string of the molecule is Cc1nn(C)c2nc(-c3ccccc3)cc(C(=O)NCCCc3ccc(N(C)C)cc3)c12. The highest BCUT2D eigenvalue weighted by Gasteiger charge is 2.19. The maximum atomic E-state index is 13.2. The van der Waals surface area contributed by atoms with Crippen molar-refractivity contribution in [3.63, 3.8) is 0 Å². The van der Waals surface area contributed by atoms with Crippen molar-refractivity contribution in [2.24, 2.45) is 7.05 Å². The van der Waals surface area contributed by atoms with E-state index in [1.807, 2.05) is 64.5 Å². The first-order valence-corrected chi connectivity index (χ1v) is 10.9. The summed E-state index contributed by atoms with van der Waals surface area (Å²) < 4.78 is 1.74. The van der Waals surface area contributed by atoms with Crippen molar-refractivity contribution in [2.45, 2.75) is 19.8 Å². The molecular weight excluding hydrogens is 398 g/mol. The van der Waals surface area contributed by atoms with Crippen LogP contribution in [-0.4, -0.2) is 41.3 Å². The fourth-order valence-electron chi connectivity index (χ4n) is 3.93. The Kier molecular flexibility index (Phi) is 6.21. The molecule has 32 heavy (non-hydrogen) atoms. The monoisotopic (exact) mass is 427 g/mol. The fraction of sp³-hybridized carbons (Fsp3) is 0.269. The number of benzene rings is 2. The van der Waals surface area contributed by atoms with Gasteiger partial charge in [0.15, 0.2) is 5.65 Å². The second kappa shape index (κ2) is 9.22. The number of anilines is 1. The van der Waals surface area contributed by atoms with Crippen molar-refractivity contribution >= 4 is 22.6 Å². The zero-order valence-corrected chi connectivity index (χ0v) is 19.1. The number of nitrogens with one attached hydrogen (secondary N) is 1. The molecule has 0 radical (unpaired) electrons. The van der Waals surface area contributed by atoms with Gasteiger partial charge in [-0.2, -0.15) is 5.10 Å². The number of amides is 1. The number of hydrogen-bond donors (Lipinski definition) is 1. The zero-order valence-electron chi connectivity index (χ0n) is 19.1. The molecule has 0 unspecified atom stereocenters. The summed E-state index contributed by atoms with van der Waals surface area (Å²) in [5.41, 5.74) is 6.34. The van der Waals surface area contributed by atoms with E-state index in [-0.39, 0.29) is 5.91 Å². The predicted molar refractivity (Wildman–Crippen MR) is 130 cm³/mol. The van der Waals surface area contributed by atoms with Crippen LogP contribution in [0.3, 0.4) is 0 Å². The van der Waals surface area contributed by atoms with Gasteiger partial charge in [-0.1, -0.05) is 42.5 Å². The Morgan fingerprint density at radius 2 is 1.78 bits per heavy atom. The third-order valence-electron chi connectivity index (χ3n) is 5.66. The van der Waals surface area contributed by atoms with Crippen molar-refractivity contribution in [1.29, 1.82) is 0 Å². The molecular formula is C26H29N5O. The van der Waals surface area contributed by atoms with Gasteiger partial charge >= 0.3 is 0 Å². The quantitative estimate of drug-likeness (QED) is 0.445. The Hall–Kier alpha value is -3.67. The van der Waals surface area contributed by atoms with Crippen LogP contribution in [0.15, 0.2) is 60.7 Å². The van der Waals surface area contributed by atoms with Crippen molar-refractivity contribution in [3.8, 4) is 11.3 Å². The lowest BCUT2D eigenvalue weighted by Gasteiger charge is -2.13. The van der Waals surface area contributed by atoms with Gasteiger partial charge in [-0.05, 0) is 43.5 Å². The van der Waals surface area contributed by atoms with Gasteiger partial charge < -0.3 is 10.2 Å². The van der Waals surface area contributed by atoms with Crippen molar-refractivity contribution < 1.29 is 4.79 Å². The van der Waals surface area contributed by atoms with Crippen LogP contribution < -0.4 is 10.2 Å². The molecule has 0 fully saturated rings. The summed E-state index contributed by atoms with van der Waals surface area (Å²) in [5.74, 6) is -0.0892. The number of aromatic nitrogens is 3. The van der Waals surface area contributed by atoms with E-state index in [0.29, 0.717) is 12.1 Å². The molecule has 0 saturated carbocycles. The molecule has 6 nitrogen and oxygen atoms in total. The number of hydrogen-bond acceptors (Lipinski definition) is 4. The van der Waals surface area contributed by atoms with Crippen molar-refractivity contribution in [3.05, 3.63) is 77.5 Å². The fourth-order valence-corrected chi connectivity index (χ4v) is 3.93. The summed E-state index contributed by atoms with van der Waals surface area (Å²) in [4.78, 5) is 20.0. The normalized spacial score (nSPS) is 11.0. The highest BCUT2D eigenvalue weighted by atomic mass is 16.1. The second-order valence-corrected chi connectivity index (χ2v) is 8.25. The maximum Gasteiger partial charge on any atom is 0.252 e. The maximum absolute atomic E-state index is 13.2. The lowest BCUT2D eigenvalue weighted by Crippen LogP contribution is -2.25. The minimum atomic E-state index is -0.0892. The molecule has 164 valence electrons. The van der Waals surface area contributed by atoms with Gasteiger partial charge in [0, 0.05) is 38.9 Å². The van der Waals surface area contributed by atoms with Crippen molar-refractivity contribution in [2.75, 3.05) is 25.5 Å². The number of carbonyl (C=O) groups is 1. The number of fused-ring (bicyclic) bond motifs is 1. The molecule has 1 N–H and O–H groups in total. The third-order valence-corrected chi connectivity index (χ3v) is 5.66. The minimum Gasteiger partial charge on any atom is -0.378 e. The topological polar surface area (TPSA) is 63.1 Å². The van der Waals surface area contributed by atoms with E-state index in [1.165, 1.54) is 11.3 Å². The number of pyridine rings is 1. The number of carbonyl (C=O) groups excluding carboxylic acids is 1. The Morgan fingerprint density at radius 3 is 2.47 bits per heavy atom. The van der Waals surface area contributed by atoms with Crippen LogP contribution in [0.4, 0.5) is 5.69 Å². The van der Waals surface area contributed by atoms with E-state index in [2.05, 4.69) is 39.6 Å². The van der Waals surface area contributed by atoms with E-state index in [9.17, 15) is 4.79 Å². The van der Waals surface area contributed by atoms with E-state index < -0.39 is 0 Å². The second-order valence-electron chi connectivity index (χ2n) is 8.25. The van der Waals surface area contributed by atoms with Gasteiger partial charge in [0.1, 0.15) is 0 Å². The average Bonchev–Trinajstić information content (AvgIpc) is 3.10. The van der Waals surface area contributed by atoms with Gasteiger partial charge in [0.2, 0.25) is 0 Å². The van der Waals surface area contributed by atoms with Crippen LogP contribution in [0.5, 0.6) is 0 Å². The van der Waals surface area contributed by atoms with Gasteiger partial charge in [0.05, 0.1) is 22.3 Å². The Morgan fingerprint density at radius 1 is 1.06 bits per heavy atom. The number of nitrogens with zero attached hydrogens (tertiary/aromatic N) is 4. The molecule has 4 rings (SSSR count). The highest BCUT2D eigenvalue weighted by Crippen LogP contribution is 2.26. The molecule has 1 amide bonds. The van der Waals surface area contributed by atoms with E-state index in [1.54, 1.807) is 4.68 Å². The molecule has 2 aromatic heterocycles. The lowest BCUT2D eigenvalue weighted by atomic mass is 10.0. The molecule has 0 saturated heterocycles. The molecule has 0 spiro atoms. The molecule has 2 aromatic carbocycles. The standard InChI is InChI=1S/C26H29N5O/c1-18-24-22(17-23(20-10-6-5-7-11-20)28-25(24)31(4)29-18)26(32)27-16-8-9-19-12-14-21(15-13-19)30(2)3/h5-7,10-15,17H,8-9,16H2,1-4H3,(H,27,32). The molecule has 0 bridgehead atoms. The van der Waals surface area contributed by atoms with E-state index >= 15 is 0 Å². The smallest absolute Gasteiger partial charge is 0.252 e. The minimum absolute atomic E-state index is 0.0892. The number of aryl methyl sites for hydroxylation is 3. The Balaban J connectivity index is 1.50.